The average molecular weight is 375 g/mol. The molecule has 25 heavy (non-hydrogen) atoms. The summed E-state index contributed by atoms with van der Waals surface area (Å²) in [5.41, 5.74) is 2.53. The van der Waals surface area contributed by atoms with Gasteiger partial charge in [0.25, 0.3) is 0 Å². The smallest absolute Gasteiger partial charge is 0.319 e. The summed E-state index contributed by atoms with van der Waals surface area (Å²) in [5, 5.41) is 17.3. The average Bonchev–Trinajstić information content (AvgIpc) is 2.57. The Labute approximate surface area is 155 Å². The summed E-state index contributed by atoms with van der Waals surface area (Å²) in [6.07, 6.45) is 0. The molecule has 3 rings (SSSR count). The molecule has 0 saturated heterocycles. The second-order valence-electron chi connectivity index (χ2n) is 5.68. The van der Waals surface area contributed by atoms with Gasteiger partial charge in [0.1, 0.15) is 5.75 Å². The third-order valence-corrected chi connectivity index (χ3v) is 4.57. The zero-order valence-electron chi connectivity index (χ0n) is 13.4. The van der Waals surface area contributed by atoms with Crippen LogP contribution < -0.4 is 10.6 Å². The summed E-state index contributed by atoms with van der Waals surface area (Å²) in [4.78, 5) is 12.3. The normalized spacial score (nSPS) is 10.7. The fraction of sp³-hybridized carbons (Fsp3) is 0.105. The van der Waals surface area contributed by atoms with E-state index in [9.17, 15) is 9.90 Å². The number of anilines is 1. The SMILES string of the molecule is Cc1ccccc1CNC(=O)Nc1c(Cl)cc(Cl)c2ccc(O)cc12. The van der Waals surface area contributed by atoms with Crippen LogP contribution in [0.25, 0.3) is 10.8 Å². The van der Waals surface area contributed by atoms with E-state index in [-0.39, 0.29) is 5.75 Å². The van der Waals surface area contributed by atoms with Crippen LogP contribution in [0.4, 0.5) is 10.5 Å². The Balaban J connectivity index is 1.84. The number of hydrogen-bond acceptors (Lipinski definition) is 2. The lowest BCUT2D eigenvalue weighted by atomic mass is 10.1. The monoisotopic (exact) mass is 374 g/mol. The van der Waals surface area contributed by atoms with E-state index >= 15 is 0 Å². The molecule has 3 N–H and O–H groups in total. The summed E-state index contributed by atoms with van der Waals surface area (Å²) < 4.78 is 0. The number of carbonyl (C=O) groups is 1. The van der Waals surface area contributed by atoms with Crippen LogP contribution in [0.2, 0.25) is 10.0 Å². The predicted octanol–water partition coefficient (Wildman–Crippen LogP) is 5.48. The summed E-state index contributed by atoms with van der Waals surface area (Å²) in [7, 11) is 0. The highest BCUT2D eigenvalue weighted by atomic mass is 35.5. The molecule has 0 aliphatic heterocycles. The Bertz CT molecular complexity index is 958. The van der Waals surface area contributed by atoms with Crippen molar-refractivity contribution < 1.29 is 9.90 Å². The molecule has 0 radical (unpaired) electrons. The van der Waals surface area contributed by atoms with Gasteiger partial charge in [0, 0.05) is 17.3 Å². The van der Waals surface area contributed by atoms with E-state index in [4.69, 9.17) is 23.2 Å². The maximum Gasteiger partial charge on any atom is 0.319 e. The van der Waals surface area contributed by atoms with Gasteiger partial charge in [-0.2, -0.15) is 0 Å². The van der Waals surface area contributed by atoms with Crippen LogP contribution in [0.5, 0.6) is 5.75 Å². The number of phenols is 1. The van der Waals surface area contributed by atoms with Gasteiger partial charge in [0.05, 0.1) is 15.7 Å². The highest BCUT2D eigenvalue weighted by Gasteiger charge is 2.13. The molecule has 2 amide bonds. The fourth-order valence-electron chi connectivity index (χ4n) is 2.61. The molecule has 0 aliphatic carbocycles. The van der Waals surface area contributed by atoms with E-state index in [1.54, 1.807) is 12.1 Å². The zero-order valence-corrected chi connectivity index (χ0v) is 14.9. The fourth-order valence-corrected chi connectivity index (χ4v) is 3.19. The summed E-state index contributed by atoms with van der Waals surface area (Å²) in [6, 6.07) is 13.7. The quantitative estimate of drug-likeness (QED) is 0.568. The van der Waals surface area contributed by atoms with Gasteiger partial charge in [0.2, 0.25) is 0 Å². The lowest BCUT2D eigenvalue weighted by molar-refractivity contribution is 0.252. The van der Waals surface area contributed by atoms with Gasteiger partial charge in [0.15, 0.2) is 0 Å². The molecule has 0 aromatic heterocycles. The molecule has 0 saturated carbocycles. The van der Waals surface area contributed by atoms with Crippen molar-refractivity contribution in [3.63, 3.8) is 0 Å². The van der Waals surface area contributed by atoms with Crippen LogP contribution in [0.15, 0.2) is 48.5 Å². The Kier molecular flexibility index (Phi) is 5.02. The molecule has 128 valence electrons. The highest BCUT2D eigenvalue weighted by Crippen LogP contribution is 2.37. The molecular formula is C19H16Cl2N2O2. The highest BCUT2D eigenvalue weighted by molar-refractivity contribution is 6.41. The lowest BCUT2D eigenvalue weighted by Crippen LogP contribution is -2.28. The number of benzene rings is 3. The maximum atomic E-state index is 12.3. The van der Waals surface area contributed by atoms with Crippen LogP contribution in [-0.2, 0) is 6.54 Å². The number of carbonyl (C=O) groups excluding carboxylic acids is 1. The van der Waals surface area contributed by atoms with E-state index < -0.39 is 6.03 Å². The number of halogens is 2. The Morgan fingerprint density at radius 2 is 1.80 bits per heavy atom. The van der Waals surface area contributed by atoms with Crippen molar-refractivity contribution in [2.24, 2.45) is 0 Å². The number of aryl methyl sites for hydroxylation is 1. The van der Waals surface area contributed by atoms with Gasteiger partial charge in [-0.3, -0.25) is 0 Å². The number of amides is 2. The summed E-state index contributed by atoms with van der Waals surface area (Å²) in [5.74, 6) is 0.0641. The third-order valence-electron chi connectivity index (χ3n) is 3.96. The first-order valence-corrected chi connectivity index (χ1v) is 8.41. The number of phenolic OH excluding ortho intramolecular Hbond substituents is 1. The number of hydrogen-bond donors (Lipinski definition) is 3. The Morgan fingerprint density at radius 3 is 2.56 bits per heavy atom. The predicted molar refractivity (Wildman–Crippen MR) is 103 cm³/mol. The molecule has 3 aromatic rings. The molecule has 0 bridgehead atoms. The molecule has 6 heteroatoms. The molecule has 0 fully saturated rings. The van der Waals surface area contributed by atoms with Crippen molar-refractivity contribution in [2.75, 3.05) is 5.32 Å². The molecule has 0 aliphatic rings. The van der Waals surface area contributed by atoms with Crippen molar-refractivity contribution in [1.29, 1.82) is 0 Å². The van der Waals surface area contributed by atoms with E-state index in [1.807, 2.05) is 31.2 Å². The van der Waals surface area contributed by atoms with Crippen molar-refractivity contribution in [3.8, 4) is 5.75 Å². The van der Waals surface area contributed by atoms with Gasteiger partial charge in [-0.15, -0.1) is 0 Å². The molecule has 0 heterocycles. The number of nitrogens with one attached hydrogen (secondary N) is 2. The topological polar surface area (TPSA) is 61.4 Å². The maximum absolute atomic E-state index is 12.3. The van der Waals surface area contributed by atoms with Crippen LogP contribution in [0.3, 0.4) is 0 Å². The molecule has 0 atom stereocenters. The van der Waals surface area contributed by atoms with Crippen LogP contribution in [-0.4, -0.2) is 11.1 Å². The molecular weight excluding hydrogens is 359 g/mol. The largest absolute Gasteiger partial charge is 0.508 e. The van der Waals surface area contributed by atoms with Crippen molar-refractivity contribution in [3.05, 3.63) is 69.7 Å². The van der Waals surface area contributed by atoms with E-state index in [0.29, 0.717) is 33.0 Å². The number of rotatable bonds is 3. The van der Waals surface area contributed by atoms with Crippen molar-refractivity contribution >= 4 is 45.7 Å². The molecule has 0 spiro atoms. The van der Waals surface area contributed by atoms with Gasteiger partial charge in [-0.25, -0.2) is 4.79 Å². The number of aromatic hydroxyl groups is 1. The minimum atomic E-state index is -0.392. The van der Waals surface area contributed by atoms with Gasteiger partial charge in [-0.05, 0) is 42.3 Å². The third kappa shape index (κ3) is 3.81. The van der Waals surface area contributed by atoms with Gasteiger partial charge >= 0.3 is 6.03 Å². The first-order chi connectivity index (χ1) is 12.0. The van der Waals surface area contributed by atoms with Crippen LogP contribution in [0, 0.1) is 6.92 Å². The first kappa shape index (κ1) is 17.4. The minimum absolute atomic E-state index is 0.0641. The second kappa shape index (κ2) is 7.21. The minimum Gasteiger partial charge on any atom is -0.508 e. The Hall–Kier alpha value is -2.43. The van der Waals surface area contributed by atoms with E-state index in [0.717, 1.165) is 11.1 Å². The number of fused-ring (bicyclic) bond motifs is 1. The molecule has 0 unspecified atom stereocenters. The van der Waals surface area contributed by atoms with E-state index in [1.165, 1.54) is 12.1 Å². The van der Waals surface area contributed by atoms with Crippen molar-refractivity contribution in [1.82, 2.24) is 5.32 Å². The first-order valence-electron chi connectivity index (χ1n) is 7.66. The lowest BCUT2D eigenvalue weighted by Gasteiger charge is -2.14. The Morgan fingerprint density at radius 1 is 1.04 bits per heavy atom. The van der Waals surface area contributed by atoms with E-state index in [2.05, 4.69) is 10.6 Å². The van der Waals surface area contributed by atoms with Crippen LogP contribution >= 0.6 is 23.2 Å². The van der Waals surface area contributed by atoms with Crippen LogP contribution in [0.1, 0.15) is 11.1 Å². The standard InChI is InChI=1S/C19H16Cl2N2O2/c1-11-4-2-3-5-12(11)10-22-19(25)23-18-15-8-13(24)6-7-14(15)16(20)9-17(18)21/h2-9,24H,10H2,1H3,(H2,22,23,25). The second-order valence-corrected chi connectivity index (χ2v) is 6.49. The van der Waals surface area contributed by atoms with Crippen molar-refractivity contribution in [2.45, 2.75) is 13.5 Å². The summed E-state index contributed by atoms with van der Waals surface area (Å²) in [6.45, 7) is 2.38. The molecule has 3 aromatic carbocycles. The number of urea groups is 1. The van der Waals surface area contributed by atoms with Gasteiger partial charge in [-0.1, -0.05) is 47.5 Å². The van der Waals surface area contributed by atoms with Gasteiger partial charge < -0.3 is 15.7 Å². The summed E-state index contributed by atoms with van der Waals surface area (Å²) >= 11 is 12.4. The molecule has 4 nitrogen and oxygen atoms in total. The zero-order chi connectivity index (χ0) is 18.0.